The number of rotatable bonds is 12. The van der Waals surface area contributed by atoms with E-state index in [4.69, 9.17) is 11.6 Å². The molecule has 0 aliphatic rings. The summed E-state index contributed by atoms with van der Waals surface area (Å²) in [5.41, 5.74) is 2.12. The molecule has 1 N–H and O–H groups in total. The Morgan fingerprint density at radius 1 is 1.09 bits per heavy atom. The second kappa shape index (κ2) is 12.9. The Morgan fingerprint density at radius 2 is 1.74 bits per heavy atom. The highest BCUT2D eigenvalue weighted by molar-refractivity contribution is 7.92. The largest absolute Gasteiger partial charge is 0.354 e. The van der Waals surface area contributed by atoms with E-state index in [2.05, 4.69) is 5.32 Å². The van der Waals surface area contributed by atoms with Crippen LogP contribution in [0.2, 0.25) is 5.02 Å². The van der Waals surface area contributed by atoms with E-state index in [-0.39, 0.29) is 18.4 Å². The smallest absolute Gasteiger partial charge is 0.244 e. The number of halogens is 1. The number of carbonyl (C=O) groups is 2. The molecule has 0 saturated carbocycles. The maximum Gasteiger partial charge on any atom is 0.244 e. The summed E-state index contributed by atoms with van der Waals surface area (Å²) in [5, 5.41) is 3.32. The molecule has 9 heteroatoms. The van der Waals surface area contributed by atoms with Crippen molar-refractivity contribution in [3.63, 3.8) is 0 Å². The molecule has 7 nitrogen and oxygen atoms in total. The van der Waals surface area contributed by atoms with Gasteiger partial charge in [-0.25, -0.2) is 8.42 Å². The molecular weight excluding hydrogens is 486 g/mol. The molecular formula is C26H36ClN3O4S. The van der Waals surface area contributed by atoms with Crippen LogP contribution in [-0.4, -0.2) is 57.1 Å². The third-order valence-electron chi connectivity index (χ3n) is 5.68. The van der Waals surface area contributed by atoms with Crippen molar-refractivity contribution in [1.29, 1.82) is 0 Å². The number of hydrogen-bond donors (Lipinski definition) is 1. The van der Waals surface area contributed by atoms with Crippen LogP contribution in [0.1, 0.15) is 38.3 Å². The first-order valence-corrected chi connectivity index (χ1v) is 14.0. The molecule has 2 aromatic rings. The molecule has 0 spiro atoms. The summed E-state index contributed by atoms with van der Waals surface area (Å²) >= 11 is 6.23. The SMILES string of the molecule is CC[C@H](C(=O)NCC(C)C)N(CCc1ccccc1)C(=O)CN(c1ccc(C)c(Cl)c1)S(C)(=O)=O. The molecule has 2 rings (SSSR count). The van der Waals surface area contributed by atoms with Gasteiger partial charge >= 0.3 is 0 Å². The van der Waals surface area contributed by atoms with E-state index in [1.54, 1.807) is 12.1 Å². The van der Waals surface area contributed by atoms with Crippen LogP contribution in [0.3, 0.4) is 0 Å². The van der Waals surface area contributed by atoms with Crippen LogP contribution in [0.15, 0.2) is 48.5 Å². The molecule has 2 amide bonds. The van der Waals surface area contributed by atoms with Crippen molar-refractivity contribution in [2.24, 2.45) is 5.92 Å². The lowest BCUT2D eigenvalue weighted by Crippen LogP contribution is -2.53. The minimum Gasteiger partial charge on any atom is -0.354 e. The Kier molecular flexibility index (Phi) is 10.6. The number of carbonyl (C=O) groups excluding carboxylic acids is 2. The summed E-state index contributed by atoms with van der Waals surface area (Å²) in [6.45, 7) is 8.00. The van der Waals surface area contributed by atoms with E-state index >= 15 is 0 Å². The fraction of sp³-hybridized carbons (Fsp3) is 0.462. The Hall–Kier alpha value is -2.58. The first-order valence-electron chi connectivity index (χ1n) is 11.8. The van der Waals surface area contributed by atoms with Crippen LogP contribution < -0.4 is 9.62 Å². The van der Waals surface area contributed by atoms with E-state index in [1.165, 1.54) is 11.0 Å². The van der Waals surface area contributed by atoms with E-state index < -0.39 is 28.5 Å². The van der Waals surface area contributed by atoms with Gasteiger partial charge in [-0.05, 0) is 48.9 Å². The maximum atomic E-state index is 13.6. The van der Waals surface area contributed by atoms with Crippen molar-refractivity contribution in [2.75, 3.05) is 30.2 Å². The van der Waals surface area contributed by atoms with Gasteiger partial charge in [0.15, 0.2) is 0 Å². The fourth-order valence-electron chi connectivity index (χ4n) is 3.67. The number of hydrogen-bond acceptors (Lipinski definition) is 4. The third-order valence-corrected chi connectivity index (χ3v) is 7.23. The number of aryl methyl sites for hydroxylation is 1. The average Bonchev–Trinajstić information content (AvgIpc) is 2.80. The van der Waals surface area contributed by atoms with Crippen LogP contribution in [0, 0.1) is 12.8 Å². The normalized spacial score (nSPS) is 12.3. The van der Waals surface area contributed by atoms with Crippen molar-refractivity contribution in [2.45, 2.75) is 46.6 Å². The minimum atomic E-state index is -3.79. The van der Waals surface area contributed by atoms with Gasteiger partial charge in [0.25, 0.3) is 0 Å². The molecule has 1 atom stereocenters. The minimum absolute atomic E-state index is 0.244. The fourth-order valence-corrected chi connectivity index (χ4v) is 4.69. The molecule has 35 heavy (non-hydrogen) atoms. The Morgan fingerprint density at radius 3 is 2.29 bits per heavy atom. The van der Waals surface area contributed by atoms with Gasteiger partial charge in [-0.15, -0.1) is 0 Å². The standard InChI is InChI=1S/C26H36ClN3O4S/c1-6-24(26(32)28-17-19(2)3)29(15-14-21-10-8-7-9-11-21)25(31)18-30(35(5,33)34)22-13-12-20(4)23(27)16-22/h7-13,16,19,24H,6,14-15,17-18H2,1-5H3,(H,28,32)/t24-/m1/s1. The van der Waals surface area contributed by atoms with Crippen molar-refractivity contribution in [3.05, 3.63) is 64.7 Å². The lowest BCUT2D eigenvalue weighted by Gasteiger charge is -2.33. The van der Waals surface area contributed by atoms with Gasteiger partial charge in [0.1, 0.15) is 12.6 Å². The van der Waals surface area contributed by atoms with E-state index in [9.17, 15) is 18.0 Å². The number of nitrogens with zero attached hydrogens (tertiary/aromatic N) is 2. The van der Waals surface area contributed by atoms with Gasteiger partial charge in [0.05, 0.1) is 11.9 Å². The first-order chi connectivity index (χ1) is 16.4. The van der Waals surface area contributed by atoms with Gasteiger partial charge in [0, 0.05) is 18.1 Å². The zero-order valence-corrected chi connectivity index (χ0v) is 22.7. The predicted octanol–water partition coefficient (Wildman–Crippen LogP) is 4.04. The number of amides is 2. The molecule has 0 unspecified atom stereocenters. The monoisotopic (exact) mass is 521 g/mol. The van der Waals surface area contributed by atoms with Crippen LogP contribution in [0.4, 0.5) is 5.69 Å². The summed E-state index contributed by atoms with van der Waals surface area (Å²) in [6, 6.07) is 13.8. The summed E-state index contributed by atoms with van der Waals surface area (Å²) < 4.78 is 26.3. The molecule has 2 aromatic carbocycles. The van der Waals surface area contributed by atoms with E-state index in [1.807, 2.05) is 58.0 Å². The lowest BCUT2D eigenvalue weighted by molar-refractivity contribution is -0.139. The van der Waals surface area contributed by atoms with Gasteiger partial charge in [-0.3, -0.25) is 13.9 Å². The van der Waals surface area contributed by atoms with E-state index in [0.717, 1.165) is 21.7 Å². The average molecular weight is 522 g/mol. The number of benzene rings is 2. The molecule has 192 valence electrons. The van der Waals surface area contributed by atoms with Crippen molar-refractivity contribution < 1.29 is 18.0 Å². The summed E-state index contributed by atoms with van der Waals surface area (Å²) in [6.07, 6.45) is 1.99. The Bertz CT molecular complexity index is 1110. The zero-order valence-electron chi connectivity index (χ0n) is 21.1. The molecule has 0 radical (unpaired) electrons. The molecule has 0 fully saturated rings. The van der Waals surface area contributed by atoms with Gasteiger partial charge < -0.3 is 10.2 Å². The van der Waals surface area contributed by atoms with Gasteiger partial charge in [-0.2, -0.15) is 0 Å². The molecule has 0 aliphatic heterocycles. The number of anilines is 1. The van der Waals surface area contributed by atoms with Crippen molar-refractivity contribution in [1.82, 2.24) is 10.2 Å². The summed E-state index contributed by atoms with van der Waals surface area (Å²) in [7, 11) is -3.79. The highest BCUT2D eigenvalue weighted by Crippen LogP contribution is 2.25. The molecule has 0 aliphatic carbocycles. The summed E-state index contributed by atoms with van der Waals surface area (Å²) in [5.74, 6) is -0.432. The van der Waals surface area contributed by atoms with Crippen molar-refractivity contribution in [3.8, 4) is 0 Å². The quantitative estimate of drug-likeness (QED) is 0.456. The molecule has 0 heterocycles. The Labute approximate surface area is 214 Å². The van der Waals surface area contributed by atoms with Gasteiger partial charge in [0.2, 0.25) is 21.8 Å². The second-order valence-corrected chi connectivity index (χ2v) is 11.4. The van der Waals surface area contributed by atoms with Crippen LogP contribution in [-0.2, 0) is 26.0 Å². The second-order valence-electron chi connectivity index (χ2n) is 9.09. The molecule has 0 saturated heterocycles. The highest BCUT2D eigenvalue weighted by atomic mass is 35.5. The summed E-state index contributed by atoms with van der Waals surface area (Å²) in [4.78, 5) is 28.1. The lowest BCUT2D eigenvalue weighted by atomic mass is 10.1. The van der Waals surface area contributed by atoms with Crippen LogP contribution in [0.5, 0.6) is 0 Å². The Balaban J connectivity index is 2.36. The number of nitrogens with one attached hydrogen (secondary N) is 1. The van der Waals surface area contributed by atoms with Crippen LogP contribution >= 0.6 is 11.6 Å². The molecule has 0 aromatic heterocycles. The topological polar surface area (TPSA) is 86.8 Å². The third kappa shape index (κ3) is 8.54. The number of sulfonamides is 1. The first kappa shape index (κ1) is 28.7. The van der Waals surface area contributed by atoms with Crippen molar-refractivity contribution >= 4 is 39.1 Å². The highest BCUT2D eigenvalue weighted by Gasteiger charge is 2.31. The van der Waals surface area contributed by atoms with Gasteiger partial charge in [-0.1, -0.05) is 68.8 Å². The zero-order chi connectivity index (χ0) is 26.2. The molecule has 0 bridgehead atoms. The predicted molar refractivity (Wildman–Crippen MR) is 142 cm³/mol. The van der Waals surface area contributed by atoms with Crippen LogP contribution in [0.25, 0.3) is 0 Å². The van der Waals surface area contributed by atoms with E-state index in [0.29, 0.717) is 30.1 Å². The maximum absolute atomic E-state index is 13.6.